The summed E-state index contributed by atoms with van der Waals surface area (Å²) in [5.74, 6) is -0.582. The fourth-order valence-electron chi connectivity index (χ4n) is 3.67. The van der Waals surface area contributed by atoms with E-state index in [4.69, 9.17) is 9.47 Å². The lowest BCUT2D eigenvalue weighted by Crippen LogP contribution is -2.40. The molecule has 1 aliphatic rings. The number of carbonyl (C=O) groups is 1. The monoisotopic (exact) mass is 473 g/mol. The lowest BCUT2D eigenvalue weighted by Gasteiger charge is -2.26. The number of esters is 1. The molecule has 0 N–H and O–H groups in total. The molecule has 0 saturated carbocycles. The van der Waals surface area contributed by atoms with Crippen molar-refractivity contribution in [3.8, 4) is 0 Å². The number of rotatable bonds is 7. The second-order valence-electron chi connectivity index (χ2n) is 7.40. The van der Waals surface area contributed by atoms with Gasteiger partial charge in [0.2, 0.25) is 10.0 Å². The van der Waals surface area contributed by atoms with Gasteiger partial charge in [-0.1, -0.05) is 18.2 Å². The molecule has 1 aromatic heterocycles. The van der Waals surface area contributed by atoms with E-state index in [2.05, 4.69) is 4.98 Å². The Morgan fingerprint density at radius 2 is 1.97 bits per heavy atom. The Bertz CT molecular complexity index is 1300. The first kappa shape index (κ1) is 23.1. The summed E-state index contributed by atoms with van der Waals surface area (Å²) < 4.78 is 53.4. The number of morpholine rings is 1. The van der Waals surface area contributed by atoms with Crippen LogP contribution in [0.1, 0.15) is 18.3 Å². The van der Waals surface area contributed by atoms with E-state index >= 15 is 0 Å². The van der Waals surface area contributed by atoms with Gasteiger partial charge in [0.05, 0.1) is 29.1 Å². The van der Waals surface area contributed by atoms with E-state index in [1.165, 1.54) is 22.5 Å². The highest BCUT2D eigenvalue weighted by molar-refractivity contribution is 7.89. The predicted octanol–water partition coefficient (Wildman–Crippen LogP) is 2.97. The molecule has 2 aromatic carbocycles. The van der Waals surface area contributed by atoms with Crippen LogP contribution in [0.3, 0.4) is 0 Å². The molecular formula is C23H24FN3O5S. The molecule has 3 aromatic rings. The van der Waals surface area contributed by atoms with Crippen molar-refractivity contribution in [2.75, 3.05) is 26.3 Å². The Hall–Kier alpha value is -3.08. The number of nitrogens with zero attached hydrogens (tertiary/aromatic N) is 3. The van der Waals surface area contributed by atoms with Gasteiger partial charge in [0.15, 0.2) is 0 Å². The van der Waals surface area contributed by atoms with E-state index in [-0.39, 0.29) is 17.1 Å². The van der Waals surface area contributed by atoms with Crippen molar-refractivity contribution in [3.05, 3.63) is 65.7 Å². The quantitative estimate of drug-likeness (QED) is 0.387. The molecule has 10 heteroatoms. The molecule has 0 radical (unpaired) electrons. The fourth-order valence-corrected chi connectivity index (χ4v) is 5.10. The maximum atomic E-state index is 13.7. The lowest BCUT2D eigenvalue weighted by atomic mass is 10.2. The number of imidazole rings is 1. The van der Waals surface area contributed by atoms with E-state index in [9.17, 15) is 17.6 Å². The number of aromatic nitrogens is 2. The first-order chi connectivity index (χ1) is 15.9. The van der Waals surface area contributed by atoms with Gasteiger partial charge < -0.3 is 14.0 Å². The summed E-state index contributed by atoms with van der Waals surface area (Å²) in [7, 11) is -3.65. The average Bonchev–Trinajstić information content (AvgIpc) is 3.19. The van der Waals surface area contributed by atoms with Crippen LogP contribution in [0.4, 0.5) is 4.39 Å². The van der Waals surface area contributed by atoms with Gasteiger partial charge in [0.25, 0.3) is 0 Å². The minimum atomic E-state index is -3.65. The van der Waals surface area contributed by atoms with Crippen LogP contribution in [-0.4, -0.2) is 54.5 Å². The van der Waals surface area contributed by atoms with E-state index in [0.717, 1.165) is 11.6 Å². The zero-order chi connectivity index (χ0) is 23.4. The van der Waals surface area contributed by atoms with Gasteiger partial charge in [-0.25, -0.2) is 22.6 Å². The highest BCUT2D eigenvalue weighted by atomic mass is 32.2. The molecule has 33 heavy (non-hydrogen) atoms. The number of hydrogen-bond donors (Lipinski definition) is 0. The molecule has 174 valence electrons. The number of ether oxygens (including phenoxy) is 2. The summed E-state index contributed by atoms with van der Waals surface area (Å²) in [6.07, 6.45) is 2.51. The minimum absolute atomic E-state index is 0.103. The number of benzene rings is 2. The van der Waals surface area contributed by atoms with Crippen LogP contribution in [0.15, 0.2) is 53.4 Å². The lowest BCUT2D eigenvalue weighted by molar-refractivity contribution is -0.139. The van der Waals surface area contributed by atoms with Crippen molar-refractivity contribution in [2.24, 2.45) is 0 Å². The molecule has 1 fully saturated rings. The number of halogens is 1. The molecule has 0 unspecified atom stereocenters. The van der Waals surface area contributed by atoms with Crippen molar-refractivity contribution in [1.82, 2.24) is 13.9 Å². The Morgan fingerprint density at radius 3 is 2.70 bits per heavy atom. The van der Waals surface area contributed by atoms with E-state index in [0.29, 0.717) is 44.2 Å². The number of hydrogen-bond acceptors (Lipinski definition) is 6. The third kappa shape index (κ3) is 4.97. The Labute approximate surface area is 191 Å². The van der Waals surface area contributed by atoms with Crippen LogP contribution in [-0.2, 0) is 37.4 Å². The number of fused-ring (bicyclic) bond motifs is 1. The summed E-state index contributed by atoms with van der Waals surface area (Å²) in [5.41, 5.74) is 1.52. The van der Waals surface area contributed by atoms with Crippen molar-refractivity contribution in [3.63, 3.8) is 0 Å². The summed E-state index contributed by atoms with van der Waals surface area (Å²) in [5, 5.41) is 0. The predicted molar refractivity (Wildman–Crippen MR) is 120 cm³/mol. The molecule has 2 heterocycles. The molecule has 1 aliphatic heterocycles. The standard InChI is InChI=1S/C23H24FN3O5S/c1-2-27-21-9-8-18(33(29,30)26-11-13-31-14-12-26)15-20(21)25-22(27)16-32-23(28)10-7-17-5-3-4-6-19(17)24/h3-10,15H,2,11-14,16H2,1H3/b10-7+. The minimum Gasteiger partial charge on any atom is -0.454 e. The van der Waals surface area contributed by atoms with Gasteiger partial charge >= 0.3 is 5.97 Å². The molecule has 0 bridgehead atoms. The Kier molecular flexibility index (Phi) is 6.87. The van der Waals surface area contributed by atoms with Crippen LogP contribution in [0.5, 0.6) is 0 Å². The molecule has 1 saturated heterocycles. The first-order valence-corrected chi connectivity index (χ1v) is 12.0. The normalized spacial score (nSPS) is 15.3. The highest BCUT2D eigenvalue weighted by Crippen LogP contribution is 2.24. The van der Waals surface area contributed by atoms with Gasteiger partial charge in [-0.2, -0.15) is 4.31 Å². The Morgan fingerprint density at radius 1 is 1.21 bits per heavy atom. The maximum absolute atomic E-state index is 13.7. The first-order valence-electron chi connectivity index (χ1n) is 10.6. The molecule has 0 aliphatic carbocycles. The summed E-state index contributed by atoms with van der Waals surface area (Å²) in [4.78, 5) is 16.8. The molecule has 0 spiro atoms. The van der Waals surface area contributed by atoms with Crippen LogP contribution < -0.4 is 0 Å². The molecule has 4 rings (SSSR count). The van der Waals surface area contributed by atoms with Gasteiger partial charge in [-0.3, -0.25) is 0 Å². The Balaban J connectivity index is 1.52. The number of aryl methyl sites for hydroxylation is 1. The summed E-state index contributed by atoms with van der Waals surface area (Å²) >= 11 is 0. The highest BCUT2D eigenvalue weighted by Gasteiger charge is 2.27. The van der Waals surface area contributed by atoms with Gasteiger partial charge in [-0.15, -0.1) is 0 Å². The van der Waals surface area contributed by atoms with Gasteiger partial charge in [-0.05, 0) is 37.3 Å². The summed E-state index contributed by atoms with van der Waals surface area (Å²) in [6, 6.07) is 10.9. The van der Waals surface area contributed by atoms with Gasteiger partial charge in [0, 0.05) is 31.3 Å². The van der Waals surface area contributed by atoms with Crippen molar-refractivity contribution < 1.29 is 27.1 Å². The van der Waals surface area contributed by atoms with Gasteiger partial charge in [0.1, 0.15) is 18.2 Å². The maximum Gasteiger partial charge on any atom is 0.331 e. The second-order valence-corrected chi connectivity index (χ2v) is 9.34. The number of sulfonamides is 1. The van der Waals surface area contributed by atoms with Crippen molar-refractivity contribution in [1.29, 1.82) is 0 Å². The number of carbonyl (C=O) groups excluding carboxylic acids is 1. The second kappa shape index (κ2) is 9.82. The van der Waals surface area contributed by atoms with E-state index in [1.807, 2.05) is 11.5 Å². The molecular weight excluding hydrogens is 449 g/mol. The van der Waals surface area contributed by atoms with E-state index in [1.54, 1.807) is 30.3 Å². The smallest absolute Gasteiger partial charge is 0.331 e. The molecule has 8 nitrogen and oxygen atoms in total. The third-order valence-corrected chi connectivity index (χ3v) is 7.27. The largest absolute Gasteiger partial charge is 0.454 e. The van der Waals surface area contributed by atoms with Crippen molar-refractivity contribution in [2.45, 2.75) is 25.0 Å². The molecule has 0 atom stereocenters. The van der Waals surface area contributed by atoms with Crippen LogP contribution >= 0.6 is 0 Å². The van der Waals surface area contributed by atoms with E-state index < -0.39 is 21.8 Å². The molecule has 0 amide bonds. The van der Waals surface area contributed by atoms with Crippen LogP contribution in [0.25, 0.3) is 17.1 Å². The topological polar surface area (TPSA) is 90.7 Å². The van der Waals surface area contributed by atoms with Crippen molar-refractivity contribution >= 4 is 33.1 Å². The van der Waals surface area contributed by atoms with Crippen LogP contribution in [0, 0.1) is 5.82 Å². The van der Waals surface area contributed by atoms with Crippen LogP contribution in [0.2, 0.25) is 0 Å². The fraction of sp³-hybridized carbons (Fsp3) is 0.304. The third-order valence-electron chi connectivity index (χ3n) is 5.37. The summed E-state index contributed by atoms with van der Waals surface area (Å²) in [6.45, 7) is 3.73. The SMILES string of the molecule is CCn1c(COC(=O)/C=C/c2ccccc2F)nc2cc(S(=O)(=O)N3CCOCC3)ccc21. The zero-order valence-corrected chi connectivity index (χ0v) is 18.9. The average molecular weight is 474 g/mol. The zero-order valence-electron chi connectivity index (χ0n) is 18.1.